The number of benzene rings is 1. The number of allylic oxidation sites excluding steroid dienone is 1. The third-order valence-electron chi connectivity index (χ3n) is 6.03. The maximum atomic E-state index is 13.1. The first kappa shape index (κ1) is 20.2. The van der Waals surface area contributed by atoms with Crippen LogP contribution in [0.15, 0.2) is 35.0 Å². The zero-order valence-electron chi connectivity index (χ0n) is 17.7. The normalized spacial score (nSPS) is 16.3. The number of hydrogen-bond donors (Lipinski definition) is 4. The van der Waals surface area contributed by atoms with E-state index in [9.17, 15) is 4.79 Å². The largest absolute Gasteiger partial charge is 0.378 e. The van der Waals surface area contributed by atoms with Crippen LogP contribution < -0.4 is 21.5 Å². The Morgan fingerprint density at radius 1 is 1.19 bits per heavy atom. The number of piperidine rings is 1. The first-order valence-corrected chi connectivity index (χ1v) is 10.9. The number of rotatable bonds is 6. The monoisotopic (exact) mass is 436 g/mol. The summed E-state index contributed by atoms with van der Waals surface area (Å²) in [6, 6.07) is 8.16. The van der Waals surface area contributed by atoms with Crippen molar-refractivity contribution in [3.8, 4) is 5.82 Å². The SMILES string of the molecule is Nc1nonc1-n1nnc(C(=O)NNC2=CCCc3ccccc32)c1C[NH+]1CCCCC1. The number of fused-ring (bicyclic) bond motifs is 1. The van der Waals surface area contributed by atoms with Crippen molar-refractivity contribution in [3.63, 3.8) is 0 Å². The molecule has 1 amide bonds. The van der Waals surface area contributed by atoms with E-state index < -0.39 is 0 Å². The van der Waals surface area contributed by atoms with E-state index in [0.29, 0.717) is 12.2 Å². The molecule has 3 heterocycles. The summed E-state index contributed by atoms with van der Waals surface area (Å²) in [5.74, 6) is -0.0414. The van der Waals surface area contributed by atoms with E-state index in [0.717, 1.165) is 50.0 Å². The predicted molar refractivity (Wildman–Crippen MR) is 115 cm³/mol. The van der Waals surface area contributed by atoms with Crippen molar-refractivity contribution in [1.82, 2.24) is 36.2 Å². The molecule has 166 valence electrons. The lowest BCUT2D eigenvalue weighted by molar-refractivity contribution is -0.918. The number of aryl methyl sites for hydroxylation is 1. The minimum Gasteiger partial charge on any atom is -0.378 e. The van der Waals surface area contributed by atoms with Crippen molar-refractivity contribution in [3.05, 3.63) is 52.9 Å². The van der Waals surface area contributed by atoms with Gasteiger partial charge in [-0.1, -0.05) is 35.6 Å². The maximum absolute atomic E-state index is 13.1. The molecule has 0 bridgehead atoms. The highest BCUT2D eigenvalue weighted by molar-refractivity contribution is 5.93. The summed E-state index contributed by atoms with van der Waals surface area (Å²) in [4.78, 5) is 14.5. The van der Waals surface area contributed by atoms with E-state index in [2.05, 4.69) is 43.6 Å². The number of amides is 1. The van der Waals surface area contributed by atoms with E-state index in [1.54, 1.807) is 0 Å². The van der Waals surface area contributed by atoms with Crippen molar-refractivity contribution >= 4 is 17.4 Å². The Kier molecular flexibility index (Phi) is 5.55. The molecule has 32 heavy (non-hydrogen) atoms. The van der Waals surface area contributed by atoms with Gasteiger partial charge in [-0.15, -0.1) is 5.10 Å². The molecule has 2 aromatic heterocycles. The number of nitrogens with one attached hydrogen (secondary N) is 3. The number of quaternary nitrogens is 1. The predicted octanol–water partition coefficient (Wildman–Crippen LogP) is 0.0230. The number of nitrogens with zero attached hydrogens (tertiary/aromatic N) is 5. The van der Waals surface area contributed by atoms with Crippen LogP contribution >= 0.6 is 0 Å². The van der Waals surface area contributed by atoms with E-state index in [1.807, 2.05) is 18.2 Å². The smallest absolute Gasteiger partial charge is 0.292 e. The van der Waals surface area contributed by atoms with Crippen molar-refractivity contribution in [2.24, 2.45) is 0 Å². The highest BCUT2D eigenvalue weighted by Gasteiger charge is 2.28. The second-order valence-electron chi connectivity index (χ2n) is 8.15. The lowest BCUT2D eigenvalue weighted by Crippen LogP contribution is -3.11. The van der Waals surface area contributed by atoms with E-state index in [1.165, 1.54) is 21.6 Å². The summed E-state index contributed by atoms with van der Waals surface area (Å²) in [6.45, 7) is 2.63. The second kappa shape index (κ2) is 8.79. The number of carbonyl (C=O) groups is 1. The number of aromatic nitrogens is 5. The summed E-state index contributed by atoms with van der Waals surface area (Å²) in [5.41, 5.74) is 15.8. The molecule has 11 heteroatoms. The van der Waals surface area contributed by atoms with Crippen molar-refractivity contribution in [1.29, 1.82) is 0 Å². The molecular weight excluding hydrogens is 410 g/mol. The first-order chi connectivity index (χ1) is 15.7. The van der Waals surface area contributed by atoms with Gasteiger partial charge in [-0.05, 0) is 48.0 Å². The van der Waals surface area contributed by atoms with Gasteiger partial charge in [0.1, 0.15) is 12.2 Å². The molecular formula is C21H26N9O2+. The minimum absolute atomic E-state index is 0.0962. The first-order valence-electron chi connectivity index (χ1n) is 10.9. The summed E-state index contributed by atoms with van der Waals surface area (Å²) in [5, 5.41) is 15.8. The number of likely N-dealkylation sites (tertiary alicyclic amines) is 1. The Morgan fingerprint density at radius 3 is 2.84 bits per heavy atom. The van der Waals surface area contributed by atoms with Crippen molar-refractivity contribution < 1.29 is 14.3 Å². The molecule has 5 rings (SSSR count). The molecule has 1 fully saturated rings. The van der Waals surface area contributed by atoms with Crippen LogP contribution in [-0.4, -0.2) is 44.3 Å². The van der Waals surface area contributed by atoms with E-state index in [-0.39, 0.29) is 23.2 Å². The zero-order valence-corrected chi connectivity index (χ0v) is 17.7. The zero-order chi connectivity index (χ0) is 21.9. The Morgan fingerprint density at radius 2 is 2.03 bits per heavy atom. The average molecular weight is 437 g/mol. The Balaban J connectivity index is 1.38. The highest BCUT2D eigenvalue weighted by atomic mass is 16.6. The standard InChI is InChI=1S/C21H25N9O2/c22-19-20(27-32-26-19)30-17(13-29-11-4-1-5-12-29)18(24-28-30)21(31)25-23-16-10-6-8-14-7-2-3-9-15(14)16/h2-3,7,9-10,23H,1,4-6,8,11-13H2,(H2,22,26)(H,25,31)/p+1. The molecule has 1 aliphatic carbocycles. The van der Waals surface area contributed by atoms with Crippen LogP contribution in [0.3, 0.4) is 0 Å². The van der Waals surface area contributed by atoms with Crippen LogP contribution in [0.5, 0.6) is 0 Å². The molecule has 2 aliphatic rings. The Labute approximate surface area is 184 Å². The summed E-state index contributed by atoms with van der Waals surface area (Å²) in [6.07, 6.45) is 7.52. The van der Waals surface area contributed by atoms with Crippen molar-refractivity contribution in [2.75, 3.05) is 18.8 Å². The number of carbonyl (C=O) groups excluding carboxylic acids is 1. The fourth-order valence-corrected chi connectivity index (χ4v) is 4.39. The number of hydrazine groups is 1. The Bertz CT molecular complexity index is 1140. The van der Waals surface area contributed by atoms with Gasteiger partial charge in [-0.25, -0.2) is 4.63 Å². The number of anilines is 1. The van der Waals surface area contributed by atoms with Gasteiger partial charge >= 0.3 is 0 Å². The van der Waals surface area contributed by atoms with Gasteiger partial charge in [0.25, 0.3) is 5.91 Å². The second-order valence-corrected chi connectivity index (χ2v) is 8.15. The molecule has 1 aromatic carbocycles. The Hall–Kier alpha value is -3.73. The van der Waals surface area contributed by atoms with Gasteiger partial charge in [0.2, 0.25) is 11.6 Å². The molecule has 1 saturated heterocycles. The molecule has 1 aliphatic heterocycles. The molecule has 3 aromatic rings. The van der Waals surface area contributed by atoms with E-state index >= 15 is 0 Å². The quantitative estimate of drug-likeness (QED) is 0.397. The number of nitrogens with two attached hydrogens (primary N) is 1. The summed E-state index contributed by atoms with van der Waals surface area (Å²) in [7, 11) is 0. The molecule has 11 nitrogen and oxygen atoms in total. The topological polar surface area (TPSA) is 141 Å². The van der Waals surface area contributed by atoms with Gasteiger partial charge in [0.15, 0.2) is 5.69 Å². The van der Waals surface area contributed by atoms with Crippen LogP contribution in [0.2, 0.25) is 0 Å². The average Bonchev–Trinajstić information content (AvgIpc) is 3.43. The highest BCUT2D eigenvalue weighted by Crippen LogP contribution is 2.23. The van der Waals surface area contributed by atoms with Gasteiger partial charge in [0, 0.05) is 5.56 Å². The fourth-order valence-electron chi connectivity index (χ4n) is 4.39. The van der Waals surface area contributed by atoms with Crippen LogP contribution in [0, 0.1) is 0 Å². The number of nitrogen functional groups attached to an aromatic ring is 1. The van der Waals surface area contributed by atoms with Gasteiger partial charge < -0.3 is 10.6 Å². The lowest BCUT2D eigenvalue weighted by atomic mass is 9.95. The van der Waals surface area contributed by atoms with E-state index in [4.69, 9.17) is 10.4 Å². The van der Waals surface area contributed by atoms with Crippen LogP contribution in [-0.2, 0) is 13.0 Å². The molecule has 0 saturated carbocycles. The number of hydrogen-bond acceptors (Lipinski definition) is 8. The molecule has 0 spiro atoms. The van der Waals surface area contributed by atoms with Gasteiger partial charge in [0.05, 0.1) is 18.8 Å². The van der Waals surface area contributed by atoms with Crippen LogP contribution in [0.25, 0.3) is 11.5 Å². The molecule has 0 radical (unpaired) electrons. The van der Waals surface area contributed by atoms with Gasteiger partial charge in [-0.3, -0.25) is 15.6 Å². The molecule has 0 atom stereocenters. The summed E-state index contributed by atoms with van der Waals surface area (Å²) < 4.78 is 6.19. The maximum Gasteiger partial charge on any atom is 0.292 e. The van der Waals surface area contributed by atoms with Crippen LogP contribution in [0.4, 0.5) is 5.82 Å². The molecule has 0 unspecified atom stereocenters. The van der Waals surface area contributed by atoms with Crippen LogP contribution in [0.1, 0.15) is 53.0 Å². The third-order valence-corrected chi connectivity index (χ3v) is 6.03. The third kappa shape index (κ3) is 3.94. The molecule has 5 N–H and O–H groups in total. The van der Waals surface area contributed by atoms with Gasteiger partial charge in [-0.2, -0.15) is 4.68 Å². The summed E-state index contributed by atoms with van der Waals surface area (Å²) >= 11 is 0. The lowest BCUT2D eigenvalue weighted by Gasteiger charge is -2.23. The minimum atomic E-state index is -0.373. The fraction of sp³-hybridized carbons (Fsp3) is 0.381. The van der Waals surface area contributed by atoms with Crippen molar-refractivity contribution in [2.45, 2.75) is 38.6 Å².